The van der Waals surface area contributed by atoms with Gasteiger partial charge in [0.2, 0.25) is 0 Å². The van der Waals surface area contributed by atoms with E-state index in [2.05, 4.69) is 0 Å². The number of rotatable bonds is 3. The van der Waals surface area contributed by atoms with Crippen molar-refractivity contribution in [3.8, 4) is 0 Å². The van der Waals surface area contributed by atoms with Crippen LogP contribution in [0, 0.1) is 11.3 Å². The van der Waals surface area contributed by atoms with E-state index in [1.54, 1.807) is 0 Å². The van der Waals surface area contributed by atoms with Gasteiger partial charge in [-0.3, -0.25) is 4.79 Å². The number of alkyl halides is 2. The summed E-state index contributed by atoms with van der Waals surface area (Å²) in [5.74, 6) is -4.20. The normalized spacial score (nSPS) is 32.9. The number of halogens is 2. The minimum Gasteiger partial charge on any atom is -0.481 e. The molecule has 1 N–H and O–H groups in total. The highest BCUT2D eigenvalue weighted by Gasteiger charge is 2.56. The van der Waals surface area contributed by atoms with Gasteiger partial charge < -0.3 is 5.11 Å². The second-order valence-corrected chi connectivity index (χ2v) is 4.64. The highest BCUT2D eigenvalue weighted by molar-refractivity contribution is 5.77. The van der Waals surface area contributed by atoms with E-state index >= 15 is 0 Å². The molecule has 0 radical (unpaired) electrons. The van der Waals surface area contributed by atoms with Crippen LogP contribution in [0.5, 0.6) is 0 Å². The van der Waals surface area contributed by atoms with Crippen molar-refractivity contribution in [2.75, 3.05) is 0 Å². The Kier molecular flexibility index (Phi) is 2.05. The van der Waals surface area contributed by atoms with Gasteiger partial charge in [0.05, 0.1) is 5.41 Å². The van der Waals surface area contributed by atoms with E-state index < -0.39 is 23.2 Å². The number of hydrogen-bond donors (Lipinski definition) is 1. The summed E-state index contributed by atoms with van der Waals surface area (Å²) in [4.78, 5) is 10.8. The molecule has 1 atom stereocenters. The van der Waals surface area contributed by atoms with Gasteiger partial charge in [-0.2, -0.15) is 0 Å². The molecule has 4 heteroatoms. The lowest BCUT2D eigenvalue weighted by molar-refractivity contribution is -0.145. The molecule has 2 saturated carbocycles. The van der Waals surface area contributed by atoms with Gasteiger partial charge in [0.25, 0.3) is 5.92 Å². The van der Waals surface area contributed by atoms with Crippen LogP contribution in [0.3, 0.4) is 0 Å². The van der Waals surface area contributed by atoms with Gasteiger partial charge in [0.1, 0.15) is 0 Å². The van der Waals surface area contributed by atoms with Crippen LogP contribution in [0.4, 0.5) is 8.78 Å². The fraction of sp³-hybridized carbons (Fsp3) is 0.900. The van der Waals surface area contributed by atoms with Crippen molar-refractivity contribution in [1.82, 2.24) is 0 Å². The van der Waals surface area contributed by atoms with Crippen LogP contribution in [0.1, 0.15) is 38.5 Å². The van der Waals surface area contributed by atoms with Crippen molar-refractivity contribution in [3.05, 3.63) is 0 Å². The molecular weight excluding hydrogens is 190 g/mol. The predicted octanol–water partition coefficient (Wildman–Crippen LogP) is 2.68. The van der Waals surface area contributed by atoms with Crippen LogP contribution in [-0.2, 0) is 4.79 Å². The van der Waals surface area contributed by atoms with E-state index in [1.165, 1.54) is 0 Å². The van der Waals surface area contributed by atoms with Gasteiger partial charge >= 0.3 is 5.97 Å². The van der Waals surface area contributed by atoms with Crippen molar-refractivity contribution in [1.29, 1.82) is 0 Å². The summed E-state index contributed by atoms with van der Waals surface area (Å²) in [6.07, 6.45) is 2.29. The molecule has 14 heavy (non-hydrogen) atoms. The molecule has 0 saturated heterocycles. The zero-order valence-electron chi connectivity index (χ0n) is 7.93. The molecule has 2 aliphatic rings. The Labute approximate surface area is 81.3 Å². The Hall–Kier alpha value is -0.670. The molecule has 2 nitrogen and oxygen atoms in total. The molecule has 2 fully saturated rings. The molecule has 0 bridgehead atoms. The van der Waals surface area contributed by atoms with E-state index in [-0.39, 0.29) is 12.8 Å². The van der Waals surface area contributed by atoms with Crippen molar-refractivity contribution in [2.24, 2.45) is 11.3 Å². The van der Waals surface area contributed by atoms with Crippen molar-refractivity contribution in [3.63, 3.8) is 0 Å². The fourth-order valence-electron chi connectivity index (χ4n) is 2.38. The molecule has 80 valence electrons. The quantitative estimate of drug-likeness (QED) is 0.767. The summed E-state index contributed by atoms with van der Waals surface area (Å²) in [7, 11) is 0. The smallest absolute Gasteiger partial charge is 0.309 e. The second-order valence-electron chi connectivity index (χ2n) is 4.64. The number of carboxylic acid groups (broad SMARTS) is 1. The topological polar surface area (TPSA) is 37.3 Å². The zero-order valence-corrected chi connectivity index (χ0v) is 7.93. The van der Waals surface area contributed by atoms with Crippen molar-refractivity contribution >= 4 is 5.97 Å². The number of carbonyl (C=O) groups is 1. The first kappa shape index (κ1) is 9.87. The first-order chi connectivity index (χ1) is 6.46. The molecule has 0 amide bonds. The minimum atomic E-state index is -2.62. The van der Waals surface area contributed by atoms with Gasteiger partial charge in [0, 0.05) is 12.3 Å². The minimum absolute atomic E-state index is 0.0621. The monoisotopic (exact) mass is 204 g/mol. The Morgan fingerprint density at radius 2 is 2.00 bits per heavy atom. The molecule has 2 rings (SSSR count). The number of hydrogen-bond acceptors (Lipinski definition) is 1. The van der Waals surface area contributed by atoms with Crippen LogP contribution in [0.2, 0.25) is 0 Å². The first-order valence-electron chi connectivity index (χ1n) is 5.08. The fourth-order valence-corrected chi connectivity index (χ4v) is 2.38. The molecule has 0 spiro atoms. The van der Waals surface area contributed by atoms with Crippen molar-refractivity contribution in [2.45, 2.75) is 44.4 Å². The maximum atomic E-state index is 13.2. The van der Waals surface area contributed by atoms with Crippen LogP contribution in [-0.4, -0.2) is 17.0 Å². The highest BCUT2D eigenvalue weighted by Crippen LogP contribution is 2.55. The van der Waals surface area contributed by atoms with Crippen LogP contribution >= 0.6 is 0 Å². The molecular formula is C10H14F2O2. The van der Waals surface area contributed by atoms with Crippen LogP contribution in [0.15, 0.2) is 0 Å². The largest absolute Gasteiger partial charge is 0.481 e. The Morgan fingerprint density at radius 3 is 2.36 bits per heavy atom. The average Bonchev–Trinajstić information content (AvgIpc) is 2.76. The lowest BCUT2D eigenvalue weighted by Crippen LogP contribution is -2.27. The van der Waals surface area contributed by atoms with Gasteiger partial charge in [0.15, 0.2) is 0 Å². The Morgan fingerprint density at radius 1 is 1.36 bits per heavy atom. The lowest BCUT2D eigenvalue weighted by atomic mass is 9.89. The van der Waals surface area contributed by atoms with Crippen molar-refractivity contribution < 1.29 is 18.7 Å². The number of carboxylic acids is 1. The Bertz CT molecular complexity index is 259. The molecule has 0 aromatic carbocycles. The van der Waals surface area contributed by atoms with E-state index in [0.29, 0.717) is 25.7 Å². The first-order valence-corrected chi connectivity index (χ1v) is 5.08. The summed E-state index contributed by atoms with van der Waals surface area (Å²) in [5, 5.41) is 8.89. The summed E-state index contributed by atoms with van der Waals surface area (Å²) in [5.41, 5.74) is -0.793. The van der Waals surface area contributed by atoms with E-state index in [4.69, 9.17) is 5.11 Å². The third kappa shape index (κ3) is 1.51. The van der Waals surface area contributed by atoms with Crippen LogP contribution < -0.4 is 0 Å². The number of aliphatic carboxylic acids is 1. The highest BCUT2D eigenvalue weighted by atomic mass is 19.3. The lowest BCUT2D eigenvalue weighted by Gasteiger charge is -2.21. The standard InChI is InChI=1S/C10H14F2O2/c11-10(12)3-1-2-7(10)6-9(4-5-9)8(13)14/h7H,1-6H2,(H,13,14). The molecule has 1 unspecified atom stereocenters. The maximum absolute atomic E-state index is 13.2. The van der Waals surface area contributed by atoms with E-state index in [9.17, 15) is 13.6 Å². The Balaban J connectivity index is 2.01. The second kappa shape index (κ2) is 2.91. The molecule has 0 aromatic heterocycles. The van der Waals surface area contributed by atoms with Gasteiger partial charge in [-0.25, -0.2) is 8.78 Å². The molecule has 0 aromatic rings. The molecule has 2 aliphatic carbocycles. The van der Waals surface area contributed by atoms with Gasteiger partial charge in [-0.1, -0.05) is 0 Å². The summed E-state index contributed by atoms with van der Waals surface area (Å²) in [6.45, 7) is 0. The molecule has 0 aliphatic heterocycles. The van der Waals surface area contributed by atoms with E-state index in [0.717, 1.165) is 0 Å². The maximum Gasteiger partial charge on any atom is 0.309 e. The average molecular weight is 204 g/mol. The van der Waals surface area contributed by atoms with Gasteiger partial charge in [-0.05, 0) is 32.1 Å². The predicted molar refractivity (Wildman–Crippen MR) is 46.2 cm³/mol. The van der Waals surface area contributed by atoms with E-state index in [1.807, 2.05) is 0 Å². The molecule has 0 heterocycles. The zero-order chi connectivity index (χ0) is 10.4. The third-order valence-corrected chi connectivity index (χ3v) is 3.60. The van der Waals surface area contributed by atoms with Crippen LogP contribution in [0.25, 0.3) is 0 Å². The van der Waals surface area contributed by atoms with Gasteiger partial charge in [-0.15, -0.1) is 0 Å². The third-order valence-electron chi connectivity index (χ3n) is 3.60. The summed E-state index contributed by atoms with van der Waals surface area (Å²) in [6, 6.07) is 0. The summed E-state index contributed by atoms with van der Waals surface area (Å²) < 4.78 is 26.5. The summed E-state index contributed by atoms with van der Waals surface area (Å²) >= 11 is 0. The SMILES string of the molecule is O=C(O)C1(CC2CCCC2(F)F)CC1.